The molecule has 0 fully saturated rings. The number of nitrogens with zero attached hydrogens (tertiary/aromatic N) is 1. The molecule has 0 saturated heterocycles. The highest BCUT2D eigenvalue weighted by Crippen LogP contribution is 2.43. The molecule has 2 N–H and O–H groups in total. The number of rotatable bonds is 52. The standard InChI is InChI=1S/C65H111N2O7P/c1-7-10-13-16-19-22-25-27-29-31-32-33-34-36-38-40-43-46-49-52-55-58-65(69)74-63(56-53-50-47-44-41-24-21-18-15-12-9-3)62(61-73-75(70,71)72-60-59-67(4,5)6)66-64(68)57-54-51-48-45-42-39-37-35-30-28-26-23-20-17-14-11-8-2/h10,13,19-20,22-23,27-30,32-33,36-39,45,48,53,56,62-63H,7-9,11-12,14-18,21,24-26,31,34-35,40-44,46-47,49-52,54-55,57-61H2,1-6H3,(H-,66,68,70,71)/p+1/b13-10-,22-19-,23-20-,29-27-,30-28-,33-32-,38-36-,39-37-,48-45-,56-53+. The number of likely N-dealkylation sites (N-methyl/N-ethyl adjacent to an activating group) is 1. The average Bonchev–Trinajstić information content (AvgIpc) is 3.37. The number of quaternary nitrogens is 1. The van der Waals surface area contributed by atoms with Crippen LogP contribution in [0.1, 0.15) is 226 Å². The molecule has 0 saturated carbocycles. The molecule has 0 radical (unpaired) electrons. The van der Waals surface area contributed by atoms with Gasteiger partial charge in [-0.2, -0.15) is 0 Å². The van der Waals surface area contributed by atoms with Gasteiger partial charge in [0, 0.05) is 12.8 Å². The lowest BCUT2D eigenvalue weighted by atomic mass is 10.1. The van der Waals surface area contributed by atoms with Crippen molar-refractivity contribution in [2.75, 3.05) is 40.9 Å². The van der Waals surface area contributed by atoms with Gasteiger partial charge >= 0.3 is 13.8 Å². The molecule has 0 aliphatic carbocycles. The van der Waals surface area contributed by atoms with Crippen LogP contribution in [0.15, 0.2) is 122 Å². The molecular formula is C65H112N2O7P+. The van der Waals surface area contributed by atoms with Crippen LogP contribution >= 0.6 is 7.82 Å². The molecule has 75 heavy (non-hydrogen) atoms. The predicted molar refractivity (Wildman–Crippen MR) is 323 cm³/mol. The van der Waals surface area contributed by atoms with Gasteiger partial charge in [0.25, 0.3) is 0 Å². The Kier molecular flexibility index (Phi) is 51.2. The number of amides is 1. The van der Waals surface area contributed by atoms with Gasteiger partial charge in [-0.1, -0.05) is 220 Å². The number of hydrogen-bond acceptors (Lipinski definition) is 6. The van der Waals surface area contributed by atoms with Gasteiger partial charge in [-0.3, -0.25) is 18.6 Å². The average molecular weight is 1060 g/mol. The van der Waals surface area contributed by atoms with Crippen LogP contribution in [0.4, 0.5) is 0 Å². The van der Waals surface area contributed by atoms with Gasteiger partial charge < -0.3 is 19.4 Å². The number of carbonyl (C=O) groups is 2. The fourth-order valence-corrected chi connectivity index (χ4v) is 8.52. The minimum absolute atomic E-state index is 0.0201. The number of phosphoric ester groups is 1. The Hall–Kier alpha value is -3.59. The number of nitrogens with one attached hydrogen (secondary N) is 1. The third-order valence-electron chi connectivity index (χ3n) is 12.4. The maximum Gasteiger partial charge on any atom is 0.472 e. The number of unbranched alkanes of at least 4 members (excludes halogenated alkanes) is 18. The van der Waals surface area contributed by atoms with Crippen molar-refractivity contribution in [3.05, 3.63) is 122 Å². The highest BCUT2D eigenvalue weighted by atomic mass is 31.2. The Balaban J connectivity index is 5.39. The lowest BCUT2D eigenvalue weighted by molar-refractivity contribution is -0.870. The van der Waals surface area contributed by atoms with Crippen LogP contribution in [-0.2, 0) is 27.9 Å². The minimum atomic E-state index is -4.47. The molecule has 0 aromatic carbocycles. The summed E-state index contributed by atoms with van der Waals surface area (Å²) in [5, 5.41) is 3.01. The van der Waals surface area contributed by atoms with E-state index in [9.17, 15) is 19.0 Å². The first kappa shape index (κ1) is 71.4. The van der Waals surface area contributed by atoms with Crippen molar-refractivity contribution in [1.29, 1.82) is 0 Å². The van der Waals surface area contributed by atoms with E-state index in [1.165, 1.54) is 70.6 Å². The third-order valence-corrected chi connectivity index (χ3v) is 13.4. The van der Waals surface area contributed by atoms with E-state index in [0.717, 1.165) is 109 Å². The van der Waals surface area contributed by atoms with Crippen molar-refractivity contribution in [1.82, 2.24) is 5.32 Å². The fraction of sp³-hybridized carbons (Fsp3) is 0.662. The molecule has 0 aromatic rings. The van der Waals surface area contributed by atoms with Crippen molar-refractivity contribution in [2.45, 2.75) is 238 Å². The maximum atomic E-state index is 13.5. The van der Waals surface area contributed by atoms with Crippen LogP contribution in [0.25, 0.3) is 0 Å². The number of carbonyl (C=O) groups excluding carboxylic acids is 2. The summed E-state index contributed by atoms with van der Waals surface area (Å²) in [5.74, 6) is -0.603. The summed E-state index contributed by atoms with van der Waals surface area (Å²) in [7, 11) is 1.43. The van der Waals surface area contributed by atoms with Crippen molar-refractivity contribution in [2.24, 2.45) is 0 Å². The molecule has 0 aromatic heterocycles. The predicted octanol–water partition coefficient (Wildman–Crippen LogP) is 18.3. The van der Waals surface area contributed by atoms with Gasteiger partial charge in [-0.15, -0.1) is 0 Å². The van der Waals surface area contributed by atoms with Crippen molar-refractivity contribution in [3.63, 3.8) is 0 Å². The Morgan fingerprint density at radius 3 is 1.33 bits per heavy atom. The molecule has 0 spiro atoms. The SMILES string of the molecule is CC/C=C\C/C=C\C/C=C\C/C=C\C/C=C\CCCCCCCC(=O)OC(/C=C/CCCCCCCCCCC)C(COP(=O)(O)OCC[N+](C)(C)C)NC(=O)CCC/C=C\C/C=C\C/C=C\C/C=C\CCCCC. The fourth-order valence-electron chi connectivity index (χ4n) is 7.78. The number of esters is 1. The molecule has 0 aliphatic rings. The monoisotopic (exact) mass is 1060 g/mol. The van der Waals surface area contributed by atoms with E-state index in [4.69, 9.17) is 13.8 Å². The normalized spacial score (nSPS) is 14.6. The number of allylic oxidation sites excluding steroid dienone is 19. The zero-order valence-corrected chi connectivity index (χ0v) is 49.6. The van der Waals surface area contributed by atoms with Crippen LogP contribution in [0.5, 0.6) is 0 Å². The van der Waals surface area contributed by atoms with Crippen LogP contribution in [-0.4, -0.2) is 74.3 Å². The second kappa shape index (κ2) is 53.8. The summed E-state index contributed by atoms with van der Waals surface area (Å²) >= 11 is 0. The van der Waals surface area contributed by atoms with E-state index in [1.807, 2.05) is 33.3 Å². The molecule has 0 bridgehead atoms. The number of ether oxygens (including phenoxy) is 1. The van der Waals surface area contributed by atoms with E-state index in [2.05, 4.69) is 135 Å². The lowest BCUT2D eigenvalue weighted by Crippen LogP contribution is -2.47. The summed E-state index contributed by atoms with van der Waals surface area (Å²) in [6, 6.07) is -0.893. The first-order valence-corrected chi connectivity index (χ1v) is 31.4. The quantitative estimate of drug-likeness (QED) is 0.0205. The largest absolute Gasteiger partial charge is 0.472 e. The summed E-state index contributed by atoms with van der Waals surface area (Å²) in [6.07, 6.45) is 74.9. The summed E-state index contributed by atoms with van der Waals surface area (Å²) in [4.78, 5) is 37.6. The van der Waals surface area contributed by atoms with Crippen molar-refractivity contribution >= 4 is 19.7 Å². The summed E-state index contributed by atoms with van der Waals surface area (Å²) < 4.78 is 30.6. The van der Waals surface area contributed by atoms with Crippen molar-refractivity contribution < 1.29 is 37.3 Å². The van der Waals surface area contributed by atoms with Crippen LogP contribution < -0.4 is 5.32 Å². The second-order valence-corrected chi connectivity index (χ2v) is 22.2. The summed E-state index contributed by atoms with van der Waals surface area (Å²) in [5.41, 5.74) is 0. The molecule has 3 atom stereocenters. The molecule has 0 rings (SSSR count). The smallest absolute Gasteiger partial charge is 0.456 e. The van der Waals surface area contributed by atoms with Crippen LogP contribution in [0.3, 0.4) is 0 Å². The first-order valence-electron chi connectivity index (χ1n) is 29.9. The molecule has 428 valence electrons. The topological polar surface area (TPSA) is 111 Å². The van der Waals surface area contributed by atoms with Gasteiger partial charge in [0.1, 0.15) is 19.3 Å². The molecule has 1 amide bonds. The minimum Gasteiger partial charge on any atom is -0.456 e. The van der Waals surface area contributed by atoms with Crippen LogP contribution in [0, 0.1) is 0 Å². The molecule has 0 heterocycles. The van der Waals surface area contributed by atoms with E-state index in [0.29, 0.717) is 23.9 Å². The number of phosphoric acid groups is 1. The zero-order chi connectivity index (χ0) is 55.0. The summed E-state index contributed by atoms with van der Waals surface area (Å²) in [6.45, 7) is 6.78. The van der Waals surface area contributed by atoms with E-state index in [1.54, 1.807) is 0 Å². The highest BCUT2D eigenvalue weighted by Gasteiger charge is 2.30. The molecule has 9 nitrogen and oxygen atoms in total. The molecule has 10 heteroatoms. The first-order chi connectivity index (χ1) is 36.4. The van der Waals surface area contributed by atoms with Gasteiger partial charge in [0.05, 0.1) is 33.8 Å². The van der Waals surface area contributed by atoms with E-state index < -0.39 is 20.0 Å². The Morgan fingerprint density at radius 2 is 0.867 bits per heavy atom. The Morgan fingerprint density at radius 1 is 0.480 bits per heavy atom. The van der Waals surface area contributed by atoms with E-state index in [-0.39, 0.29) is 37.9 Å². The Labute approximate surface area is 461 Å². The maximum absolute atomic E-state index is 13.5. The third kappa shape index (κ3) is 55.0. The number of hydrogen-bond donors (Lipinski definition) is 2. The van der Waals surface area contributed by atoms with Gasteiger partial charge in [0.2, 0.25) is 5.91 Å². The zero-order valence-electron chi connectivity index (χ0n) is 48.7. The van der Waals surface area contributed by atoms with Gasteiger partial charge in [-0.25, -0.2) is 4.57 Å². The highest BCUT2D eigenvalue weighted by molar-refractivity contribution is 7.47. The van der Waals surface area contributed by atoms with Crippen LogP contribution in [0.2, 0.25) is 0 Å². The molecule has 3 unspecified atom stereocenters. The second-order valence-electron chi connectivity index (χ2n) is 20.8. The molecule has 0 aliphatic heterocycles. The Bertz CT molecular complexity index is 1700. The van der Waals surface area contributed by atoms with Gasteiger partial charge in [0.15, 0.2) is 0 Å². The van der Waals surface area contributed by atoms with E-state index >= 15 is 0 Å². The molecular weight excluding hydrogens is 952 g/mol. The van der Waals surface area contributed by atoms with Gasteiger partial charge in [-0.05, 0) is 115 Å². The van der Waals surface area contributed by atoms with Crippen molar-refractivity contribution in [3.8, 4) is 0 Å². The lowest BCUT2D eigenvalue weighted by Gasteiger charge is -2.27.